The monoisotopic (exact) mass is 830 g/mol. The van der Waals surface area contributed by atoms with Gasteiger partial charge < -0.3 is 11.5 Å². The van der Waals surface area contributed by atoms with Gasteiger partial charge in [-0.3, -0.25) is 29.8 Å². The van der Waals surface area contributed by atoms with Crippen molar-refractivity contribution in [1.29, 1.82) is 0 Å². The van der Waals surface area contributed by atoms with Crippen LogP contribution in [-0.2, 0) is 35.1 Å². The van der Waals surface area contributed by atoms with E-state index >= 15 is 0 Å². The lowest BCUT2D eigenvalue weighted by Crippen LogP contribution is -2.43. The van der Waals surface area contributed by atoms with E-state index in [1.54, 1.807) is 0 Å². The number of aromatic nitrogens is 4. The quantitative estimate of drug-likeness (QED) is 0.112. The van der Waals surface area contributed by atoms with Gasteiger partial charge in [0, 0.05) is 50.0 Å². The summed E-state index contributed by atoms with van der Waals surface area (Å²) in [6, 6.07) is 42.2. The van der Waals surface area contributed by atoms with Gasteiger partial charge in [-0.2, -0.15) is 5.10 Å². The average molecular weight is 831 g/mol. The van der Waals surface area contributed by atoms with Crippen LogP contribution in [0.15, 0.2) is 131 Å². The van der Waals surface area contributed by atoms with Crippen LogP contribution in [0.3, 0.4) is 0 Å². The van der Waals surface area contributed by atoms with E-state index in [0.29, 0.717) is 6.42 Å². The number of pyridine rings is 2. The van der Waals surface area contributed by atoms with Crippen molar-refractivity contribution in [2.45, 2.75) is 82.2 Å². The number of aryl methyl sites for hydroxylation is 2. The second kappa shape index (κ2) is 15.0. The lowest BCUT2D eigenvalue weighted by molar-refractivity contribution is -0.125. The van der Waals surface area contributed by atoms with Gasteiger partial charge >= 0.3 is 0 Å². The van der Waals surface area contributed by atoms with Crippen LogP contribution in [-0.4, -0.2) is 31.8 Å². The Morgan fingerprint density at radius 2 is 1.05 bits per heavy atom. The van der Waals surface area contributed by atoms with Crippen LogP contribution in [0.5, 0.6) is 0 Å². The zero-order chi connectivity index (χ0) is 42.9. The Morgan fingerprint density at radius 3 is 1.56 bits per heavy atom. The predicted octanol–water partition coefficient (Wildman–Crippen LogP) is 9.08. The standard InChI is InChI=1S/C27H26N4O.C26H24N4O/c1-26-15-12-22-21(24(26)30-31-25(26)32)16-20(17-6-3-2-4-7-17)23(29-22)18-8-10-19(11-9-18)27(28)13-5-14-27;27-26(13-4-14-26)18-9-7-17(8-10-18)23-20(16-5-2-1-3-6-16)15-21-22(28-23)12-11-19-24(21)29-30-25(19)31/h2-4,6-11,16H,5,12-15,28H2,1H3,(H,31,32);1-3,5-10,15H,4,11-14,27H2,(H2,29,30,31). The number of aromatic amines is 2. The van der Waals surface area contributed by atoms with Gasteiger partial charge in [-0.05, 0) is 106 Å². The molecule has 0 bridgehead atoms. The summed E-state index contributed by atoms with van der Waals surface area (Å²) in [6.45, 7) is 1.98. The maximum absolute atomic E-state index is 12.5. The van der Waals surface area contributed by atoms with E-state index in [1.165, 1.54) is 24.0 Å². The molecule has 1 unspecified atom stereocenters. The fourth-order valence-electron chi connectivity index (χ4n) is 10.1. The second-order valence-corrected chi connectivity index (χ2v) is 18.3. The van der Waals surface area contributed by atoms with Crippen molar-refractivity contribution in [3.63, 3.8) is 0 Å². The average Bonchev–Trinajstić information content (AvgIpc) is 3.85. The van der Waals surface area contributed by atoms with Crippen molar-refractivity contribution >= 4 is 11.6 Å². The summed E-state index contributed by atoms with van der Waals surface area (Å²) >= 11 is 0. The number of rotatable bonds is 6. The molecule has 63 heavy (non-hydrogen) atoms. The lowest BCUT2D eigenvalue weighted by Gasteiger charge is -2.38. The number of carbonyl (C=O) groups is 1. The Morgan fingerprint density at radius 1 is 0.540 bits per heavy atom. The van der Waals surface area contributed by atoms with E-state index in [0.717, 1.165) is 129 Å². The highest BCUT2D eigenvalue weighted by atomic mass is 16.2. The molecule has 12 rings (SSSR count). The van der Waals surface area contributed by atoms with E-state index in [-0.39, 0.29) is 22.5 Å². The molecule has 0 spiro atoms. The molecule has 1 aliphatic heterocycles. The summed E-state index contributed by atoms with van der Waals surface area (Å²) in [4.78, 5) is 34.9. The zero-order valence-electron chi connectivity index (χ0n) is 35.4. The number of nitrogens with one attached hydrogen (secondary N) is 3. The molecule has 2 fully saturated rings. The molecule has 4 heterocycles. The Labute approximate surface area is 366 Å². The molecular weight excluding hydrogens is 781 g/mol. The Kier molecular flexibility index (Phi) is 9.29. The van der Waals surface area contributed by atoms with Gasteiger partial charge in [0.25, 0.3) is 11.5 Å². The van der Waals surface area contributed by atoms with Crippen LogP contribution in [0.2, 0.25) is 0 Å². The van der Waals surface area contributed by atoms with E-state index in [2.05, 4.69) is 106 Å². The molecule has 1 amide bonds. The largest absolute Gasteiger partial charge is 0.321 e. The number of fused-ring (bicyclic) bond motifs is 6. The molecule has 10 heteroatoms. The van der Waals surface area contributed by atoms with Crippen LogP contribution in [0.4, 0.5) is 0 Å². The third kappa shape index (κ3) is 6.58. The number of hydrogen-bond acceptors (Lipinski definition) is 7. The number of nitrogens with zero attached hydrogens (tertiary/aromatic N) is 3. The number of nitrogens with two attached hydrogens (primary N) is 2. The van der Waals surface area contributed by atoms with E-state index in [1.807, 2.05) is 43.3 Å². The van der Waals surface area contributed by atoms with Crippen LogP contribution < -0.4 is 22.5 Å². The highest BCUT2D eigenvalue weighted by Crippen LogP contribution is 2.44. The smallest absolute Gasteiger partial charge is 0.267 e. The molecule has 0 saturated heterocycles. The molecule has 314 valence electrons. The summed E-state index contributed by atoms with van der Waals surface area (Å²) in [6.07, 6.45) is 9.53. The summed E-state index contributed by atoms with van der Waals surface area (Å²) in [5, 5.41) is 10.2. The summed E-state index contributed by atoms with van der Waals surface area (Å²) in [5.74, 6) is -0.0224. The number of hydrazone groups is 1. The molecule has 7 N–H and O–H groups in total. The van der Waals surface area contributed by atoms with Crippen LogP contribution in [0, 0.1) is 5.41 Å². The van der Waals surface area contributed by atoms with Gasteiger partial charge in [-0.1, -0.05) is 109 Å². The Balaban J connectivity index is 0.000000141. The van der Waals surface area contributed by atoms with Crippen LogP contribution in [0.1, 0.15) is 85.5 Å². The lowest BCUT2D eigenvalue weighted by atomic mass is 9.72. The molecule has 3 aromatic heterocycles. The van der Waals surface area contributed by atoms with E-state index < -0.39 is 5.41 Å². The van der Waals surface area contributed by atoms with Crippen molar-refractivity contribution in [3.8, 4) is 56.0 Å². The highest BCUT2D eigenvalue weighted by Gasteiger charge is 2.47. The van der Waals surface area contributed by atoms with Crippen molar-refractivity contribution < 1.29 is 4.79 Å². The minimum absolute atomic E-state index is 0.0224. The van der Waals surface area contributed by atoms with Crippen molar-refractivity contribution in [2.24, 2.45) is 22.0 Å². The van der Waals surface area contributed by atoms with Crippen molar-refractivity contribution in [3.05, 3.63) is 165 Å². The van der Waals surface area contributed by atoms with Crippen molar-refractivity contribution in [1.82, 2.24) is 25.6 Å². The second-order valence-electron chi connectivity index (χ2n) is 18.3. The summed E-state index contributed by atoms with van der Waals surface area (Å²) < 4.78 is 0. The predicted molar refractivity (Wildman–Crippen MR) is 249 cm³/mol. The molecule has 5 aliphatic rings. The van der Waals surface area contributed by atoms with Gasteiger partial charge in [0.05, 0.1) is 39.6 Å². The number of benzene rings is 4. The molecule has 2 saturated carbocycles. The number of H-pyrrole nitrogens is 2. The Bertz CT molecular complexity index is 3000. The summed E-state index contributed by atoms with van der Waals surface area (Å²) in [5.41, 5.74) is 32.1. The maximum Gasteiger partial charge on any atom is 0.267 e. The fraction of sp³-hybridized carbons (Fsp3) is 0.264. The normalized spacial score (nSPS) is 19.7. The Hall–Kier alpha value is -6.75. The number of carbonyl (C=O) groups excluding carboxylic acids is 1. The van der Waals surface area contributed by atoms with E-state index in [9.17, 15) is 9.59 Å². The van der Waals surface area contributed by atoms with Crippen LogP contribution >= 0.6 is 0 Å². The first-order valence-electron chi connectivity index (χ1n) is 22.3. The van der Waals surface area contributed by atoms with Gasteiger partial charge in [0.1, 0.15) is 0 Å². The van der Waals surface area contributed by atoms with Gasteiger partial charge in [-0.15, -0.1) is 0 Å². The van der Waals surface area contributed by atoms with E-state index in [4.69, 9.17) is 21.4 Å². The molecule has 4 aliphatic carbocycles. The molecular formula is C53H50N8O2. The van der Waals surface area contributed by atoms with Gasteiger partial charge in [0.15, 0.2) is 0 Å². The SMILES string of the molecule is CC12CCc3nc(-c4ccc(C5(N)CCC5)cc4)c(-c4ccccc4)cc3C1=NNC2=O.NC1(c2ccc(-c3nc4c(cc3-c3ccccc3)-c3[nH][nH]c(=O)c3CC4)cc2)CCC1. The van der Waals surface area contributed by atoms with Gasteiger partial charge in [0.2, 0.25) is 0 Å². The fourth-order valence-corrected chi connectivity index (χ4v) is 10.1. The molecule has 7 aromatic rings. The number of hydrogen-bond donors (Lipinski definition) is 5. The molecule has 10 nitrogen and oxygen atoms in total. The minimum Gasteiger partial charge on any atom is -0.321 e. The molecule has 0 radical (unpaired) electrons. The first kappa shape index (κ1) is 39.1. The minimum atomic E-state index is -0.579. The first-order chi connectivity index (χ1) is 30.6. The third-order valence-corrected chi connectivity index (χ3v) is 14.5. The van der Waals surface area contributed by atoms with Gasteiger partial charge in [-0.25, -0.2) is 5.43 Å². The first-order valence-corrected chi connectivity index (χ1v) is 22.3. The zero-order valence-corrected chi connectivity index (χ0v) is 35.4. The highest BCUT2D eigenvalue weighted by molar-refractivity contribution is 6.21. The maximum atomic E-state index is 12.5. The third-order valence-electron chi connectivity index (χ3n) is 14.5. The topological polar surface area (TPSA) is 168 Å². The van der Waals surface area contributed by atoms with Crippen LogP contribution in [0.25, 0.3) is 56.0 Å². The summed E-state index contributed by atoms with van der Waals surface area (Å²) in [7, 11) is 0. The van der Waals surface area contributed by atoms with Crippen molar-refractivity contribution in [2.75, 3.05) is 0 Å². The molecule has 4 aromatic carbocycles. The molecule has 1 atom stereocenters. The number of amides is 1.